The van der Waals surface area contributed by atoms with E-state index in [0.29, 0.717) is 10.8 Å². The first kappa shape index (κ1) is 16.3. The molecule has 122 valence electrons. The van der Waals surface area contributed by atoms with Gasteiger partial charge in [0, 0.05) is 4.83 Å². The monoisotopic (exact) mass is 354 g/mol. The lowest BCUT2D eigenvalue weighted by Gasteiger charge is -2.58. The van der Waals surface area contributed by atoms with Gasteiger partial charge in [-0.05, 0) is 78.9 Å². The van der Waals surface area contributed by atoms with Crippen molar-refractivity contribution in [1.29, 1.82) is 0 Å². The molecule has 0 radical (unpaired) electrons. The van der Waals surface area contributed by atoms with Gasteiger partial charge in [-0.2, -0.15) is 0 Å². The molecule has 1 unspecified atom stereocenters. The Bertz CT molecular complexity index is 387. The second-order valence-corrected chi connectivity index (χ2v) is 10.7. The Labute approximate surface area is 141 Å². The van der Waals surface area contributed by atoms with Crippen molar-refractivity contribution in [1.82, 2.24) is 0 Å². The van der Waals surface area contributed by atoms with Crippen molar-refractivity contribution in [3.05, 3.63) is 0 Å². The summed E-state index contributed by atoms with van der Waals surface area (Å²) < 4.78 is 0. The van der Waals surface area contributed by atoms with E-state index in [2.05, 4.69) is 50.5 Å². The molecule has 21 heavy (non-hydrogen) atoms. The first-order valence-electron chi connectivity index (χ1n) is 9.41. The Kier molecular flexibility index (Phi) is 4.31. The topological polar surface area (TPSA) is 0 Å². The van der Waals surface area contributed by atoms with E-state index in [0.717, 1.165) is 34.4 Å². The van der Waals surface area contributed by atoms with Crippen LogP contribution < -0.4 is 0 Å². The fourth-order valence-corrected chi connectivity index (χ4v) is 7.42. The van der Waals surface area contributed by atoms with Crippen LogP contribution in [0, 0.1) is 40.4 Å². The zero-order valence-electron chi connectivity index (χ0n) is 14.8. The van der Waals surface area contributed by atoms with E-state index < -0.39 is 0 Å². The Morgan fingerprint density at radius 1 is 0.810 bits per heavy atom. The maximum atomic E-state index is 4.10. The molecule has 3 aliphatic rings. The van der Waals surface area contributed by atoms with Crippen molar-refractivity contribution in [2.75, 3.05) is 0 Å². The lowest BCUT2D eigenvalue weighted by atomic mass is 9.48. The quantitative estimate of drug-likeness (QED) is 0.425. The molecular weight excluding hydrogens is 320 g/mol. The van der Waals surface area contributed by atoms with Crippen LogP contribution in [0.1, 0.15) is 79.6 Å². The number of hydrogen-bond donors (Lipinski definition) is 0. The van der Waals surface area contributed by atoms with Gasteiger partial charge in [0.25, 0.3) is 0 Å². The molecule has 1 heteroatoms. The van der Waals surface area contributed by atoms with Crippen molar-refractivity contribution in [3.8, 4) is 0 Å². The summed E-state index contributed by atoms with van der Waals surface area (Å²) in [6, 6.07) is 0. The highest BCUT2D eigenvalue weighted by molar-refractivity contribution is 9.09. The van der Waals surface area contributed by atoms with Gasteiger partial charge in [0.05, 0.1) is 0 Å². The number of hydrogen-bond acceptors (Lipinski definition) is 0. The van der Waals surface area contributed by atoms with Gasteiger partial charge in [-0.15, -0.1) is 0 Å². The number of fused-ring (bicyclic) bond motifs is 3. The third kappa shape index (κ3) is 2.54. The van der Waals surface area contributed by atoms with Crippen molar-refractivity contribution >= 4 is 15.9 Å². The summed E-state index contributed by atoms with van der Waals surface area (Å²) in [6.45, 7) is 12.9. The van der Waals surface area contributed by atoms with Gasteiger partial charge in [0.1, 0.15) is 0 Å². The number of rotatable bonds is 0. The lowest BCUT2D eigenvalue weighted by molar-refractivity contribution is -0.0660. The second kappa shape index (κ2) is 5.53. The third-order valence-corrected chi connectivity index (χ3v) is 9.83. The van der Waals surface area contributed by atoms with E-state index >= 15 is 0 Å². The number of halogens is 1. The molecule has 0 aromatic carbocycles. The third-order valence-electron chi connectivity index (χ3n) is 8.32. The molecular formula is C20H35Br. The summed E-state index contributed by atoms with van der Waals surface area (Å²) in [5.41, 5.74) is 1.11. The van der Waals surface area contributed by atoms with Crippen molar-refractivity contribution in [3.63, 3.8) is 0 Å². The molecule has 0 aromatic heterocycles. The molecule has 0 saturated heterocycles. The maximum absolute atomic E-state index is 4.10. The van der Waals surface area contributed by atoms with Crippen molar-refractivity contribution in [2.45, 2.75) is 84.4 Å². The van der Waals surface area contributed by atoms with Gasteiger partial charge in [-0.3, -0.25) is 0 Å². The molecule has 0 heterocycles. The first-order valence-corrected chi connectivity index (χ1v) is 10.3. The van der Waals surface area contributed by atoms with Gasteiger partial charge in [-0.1, -0.05) is 57.0 Å². The van der Waals surface area contributed by atoms with Crippen LogP contribution in [0.15, 0.2) is 0 Å². The van der Waals surface area contributed by atoms with Crippen molar-refractivity contribution < 1.29 is 0 Å². The van der Waals surface area contributed by atoms with E-state index in [4.69, 9.17) is 0 Å². The van der Waals surface area contributed by atoms with E-state index in [9.17, 15) is 0 Å². The van der Waals surface area contributed by atoms with Crippen LogP contribution >= 0.6 is 15.9 Å². The molecule has 0 N–H and O–H groups in total. The van der Waals surface area contributed by atoms with Crippen LogP contribution in [0.2, 0.25) is 0 Å². The SMILES string of the molecule is C[C@@H]1CCC(Br)[C@@]2(C)CC[C@H]3[C@H](C)CC[C@@H](C[C@H]12)C3(C)C. The molecule has 0 nitrogen and oxygen atoms in total. The molecule has 0 aliphatic heterocycles. The molecule has 3 rings (SSSR count). The fourth-order valence-electron chi connectivity index (χ4n) is 6.59. The van der Waals surface area contributed by atoms with Gasteiger partial charge < -0.3 is 0 Å². The van der Waals surface area contributed by atoms with Crippen LogP contribution in [-0.4, -0.2) is 4.83 Å². The molecule has 0 aromatic rings. The first-order chi connectivity index (χ1) is 9.76. The fraction of sp³-hybridized carbons (Fsp3) is 1.00. The molecule has 3 aliphatic carbocycles. The largest absolute Gasteiger partial charge is 0.0885 e. The van der Waals surface area contributed by atoms with E-state index in [1.54, 1.807) is 0 Å². The summed E-state index contributed by atoms with van der Waals surface area (Å²) >= 11 is 4.10. The molecule has 2 bridgehead atoms. The average molecular weight is 355 g/mol. The lowest BCUT2D eigenvalue weighted by Crippen LogP contribution is -2.51. The van der Waals surface area contributed by atoms with Gasteiger partial charge in [-0.25, -0.2) is 0 Å². The van der Waals surface area contributed by atoms with Crippen LogP contribution in [0.5, 0.6) is 0 Å². The smallest absolute Gasteiger partial charge is 0.0202 e. The Balaban J connectivity index is 1.94. The second-order valence-electron chi connectivity index (χ2n) is 9.59. The summed E-state index contributed by atoms with van der Waals surface area (Å²) in [7, 11) is 0. The van der Waals surface area contributed by atoms with Gasteiger partial charge in [0.2, 0.25) is 0 Å². The Hall–Kier alpha value is 0.480. The summed E-state index contributed by atoms with van der Waals surface area (Å²) in [4.78, 5) is 0.753. The van der Waals surface area contributed by atoms with E-state index in [1.807, 2.05) is 0 Å². The zero-order valence-corrected chi connectivity index (χ0v) is 16.4. The maximum Gasteiger partial charge on any atom is 0.0202 e. The summed E-state index contributed by atoms with van der Waals surface area (Å²) in [5.74, 6) is 4.71. The van der Waals surface area contributed by atoms with Crippen LogP contribution in [0.3, 0.4) is 0 Å². The standard InChI is InChI=1S/C20H35Br/c1-13-6-8-15-12-17-14(2)7-9-18(21)20(17,5)11-10-16(13)19(15,3)4/h13-18H,6-12H2,1-5H3/t13-,14-,15+,16+,17-,18?,20+/m1/s1. The molecule has 3 saturated carbocycles. The summed E-state index contributed by atoms with van der Waals surface area (Å²) in [5, 5.41) is 0. The molecule has 3 fully saturated rings. The highest BCUT2D eigenvalue weighted by Gasteiger charge is 2.53. The highest BCUT2D eigenvalue weighted by Crippen LogP contribution is 2.61. The van der Waals surface area contributed by atoms with Gasteiger partial charge in [0.15, 0.2) is 0 Å². The minimum absolute atomic E-state index is 0.543. The van der Waals surface area contributed by atoms with Crippen molar-refractivity contribution in [2.24, 2.45) is 40.4 Å². The minimum Gasteiger partial charge on any atom is -0.0885 e. The van der Waals surface area contributed by atoms with Gasteiger partial charge >= 0.3 is 0 Å². The van der Waals surface area contributed by atoms with E-state index in [-0.39, 0.29) is 0 Å². The van der Waals surface area contributed by atoms with Crippen LogP contribution in [0.4, 0.5) is 0 Å². The average Bonchev–Trinajstić information content (AvgIpc) is 2.40. The zero-order chi connectivity index (χ0) is 15.4. The highest BCUT2D eigenvalue weighted by atomic mass is 79.9. The summed E-state index contributed by atoms with van der Waals surface area (Å²) in [6.07, 6.45) is 10.2. The van der Waals surface area contributed by atoms with Crippen LogP contribution in [0.25, 0.3) is 0 Å². The Morgan fingerprint density at radius 3 is 2.14 bits per heavy atom. The Morgan fingerprint density at radius 2 is 1.43 bits per heavy atom. The van der Waals surface area contributed by atoms with Crippen LogP contribution in [-0.2, 0) is 0 Å². The predicted octanol–water partition coefficient (Wildman–Crippen LogP) is 6.67. The minimum atomic E-state index is 0.543. The molecule has 0 spiro atoms. The normalized spacial score (nSPS) is 53.4. The predicted molar refractivity (Wildman–Crippen MR) is 95.7 cm³/mol. The number of alkyl halides is 1. The molecule has 7 atom stereocenters. The van der Waals surface area contributed by atoms with E-state index in [1.165, 1.54) is 44.9 Å². The molecule has 0 amide bonds.